The number of carboxylic acid groups (broad SMARTS) is 1. The van der Waals surface area contributed by atoms with Crippen LogP contribution in [0.15, 0.2) is 0 Å². The van der Waals surface area contributed by atoms with Gasteiger partial charge in [-0.05, 0) is 31.4 Å². The normalized spacial score (nSPS) is 22.1. The maximum atomic E-state index is 10.7. The van der Waals surface area contributed by atoms with Gasteiger partial charge in [0.25, 0.3) is 0 Å². The lowest BCUT2D eigenvalue weighted by Gasteiger charge is -2.19. The summed E-state index contributed by atoms with van der Waals surface area (Å²) in [7, 11) is 0. The van der Waals surface area contributed by atoms with Crippen molar-refractivity contribution in [3.63, 3.8) is 0 Å². The molecule has 3 N–H and O–H groups in total. The van der Waals surface area contributed by atoms with Gasteiger partial charge in [0.05, 0.1) is 0 Å². The van der Waals surface area contributed by atoms with E-state index in [9.17, 15) is 4.79 Å². The molecule has 0 aromatic heterocycles. The molecule has 3 nitrogen and oxygen atoms in total. The Morgan fingerprint density at radius 3 is 2.64 bits per heavy atom. The van der Waals surface area contributed by atoms with Crippen molar-refractivity contribution in [2.24, 2.45) is 11.7 Å². The molecule has 1 aliphatic carbocycles. The van der Waals surface area contributed by atoms with Crippen LogP contribution in [0.4, 0.5) is 0 Å². The number of carboxylic acids is 1. The smallest absolute Gasteiger partial charge is 0.324 e. The van der Waals surface area contributed by atoms with Crippen LogP contribution in [0.25, 0.3) is 0 Å². The number of nitrogens with two attached hydrogens (primary N) is 1. The van der Waals surface area contributed by atoms with Crippen molar-refractivity contribution < 1.29 is 9.90 Å². The molecular formula is C10H19NO2S. The van der Waals surface area contributed by atoms with E-state index in [2.05, 4.69) is 0 Å². The van der Waals surface area contributed by atoms with Crippen molar-refractivity contribution >= 4 is 17.7 Å². The second kappa shape index (κ2) is 5.03. The topological polar surface area (TPSA) is 63.3 Å². The van der Waals surface area contributed by atoms with Crippen molar-refractivity contribution in [2.75, 3.05) is 11.5 Å². The fourth-order valence-corrected chi connectivity index (χ4v) is 3.01. The highest BCUT2D eigenvalue weighted by atomic mass is 32.2. The van der Waals surface area contributed by atoms with Crippen LogP contribution in [0.3, 0.4) is 0 Å². The summed E-state index contributed by atoms with van der Waals surface area (Å²) in [4.78, 5) is 10.7. The van der Waals surface area contributed by atoms with Gasteiger partial charge in [-0.3, -0.25) is 4.79 Å². The summed E-state index contributed by atoms with van der Waals surface area (Å²) in [6.07, 6.45) is 5.29. The second-order valence-corrected chi connectivity index (χ2v) is 5.42. The highest BCUT2D eigenvalue weighted by Gasteiger charge is 2.28. The van der Waals surface area contributed by atoms with E-state index < -0.39 is 11.5 Å². The molecule has 0 heterocycles. The molecule has 1 aliphatic rings. The highest BCUT2D eigenvalue weighted by Crippen LogP contribution is 2.28. The van der Waals surface area contributed by atoms with Crippen LogP contribution in [0.5, 0.6) is 0 Å². The number of hydrogen-bond acceptors (Lipinski definition) is 3. The first-order chi connectivity index (χ1) is 6.52. The minimum absolute atomic E-state index is 0.513. The maximum Gasteiger partial charge on any atom is 0.324 e. The average molecular weight is 217 g/mol. The summed E-state index contributed by atoms with van der Waals surface area (Å²) in [6, 6.07) is 0. The number of carbonyl (C=O) groups is 1. The van der Waals surface area contributed by atoms with Gasteiger partial charge in [0.15, 0.2) is 0 Å². The molecule has 1 unspecified atom stereocenters. The molecular weight excluding hydrogens is 198 g/mol. The van der Waals surface area contributed by atoms with Gasteiger partial charge in [-0.15, -0.1) is 0 Å². The van der Waals surface area contributed by atoms with E-state index in [1.807, 2.05) is 0 Å². The Morgan fingerprint density at radius 2 is 2.14 bits per heavy atom. The Labute approximate surface area is 89.4 Å². The van der Waals surface area contributed by atoms with E-state index in [1.54, 1.807) is 18.7 Å². The molecule has 0 aromatic rings. The lowest BCUT2D eigenvalue weighted by atomic mass is 10.1. The van der Waals surface area contributed by atoms with Crippen molar-refractivity contribution in [3.05, 3.63) is 0 Å². The van der Waals surface area contributed by atoms with Crippen LogP contribution < -0.4 is 5.73 Å². The van der Waals surface area contributed by atoms with E-state index >= 15 is 0 Å². The number of rotatable bonds is 5. The number of hydrogen-bond donors (Lipinski definition) is 2. The molecule has 0 aromatic carbocycles. The van der Waals surface area contributed by atoms with E-state index in [4.69, 9.17) is 10.8 Å². The Bertz CT molecular complexity index is 200. The third kappa shape index (κ3) is 3.50. The van der Waals surface area contributed by atoms with E-state index in [0.29, 0.717) is 5.75 Å². The lowest BCUT2D eigenvalue weighted by Crippen LogP contribution is -2.47. The van der Waals surface area contributed by atoms with Crippen molar-refractivity contribution in [1.29, 1.82) is 0 Å². The highest BCUT2D eigenvalue weighted by molar-refractivity contribution is 7.99. The van der Waals surface area contributed by atoms with E-state index in [0.717, 1.165) is 11.7 Å². The van der Waals surface area contributed by atoms with E-state index in [-0.39, 0.29) is 0 Å². The zero-order chi connectivity index (χ0) is 10.6. The zero-order valence-electron chi connectivity index (χ0n) is 8.66. The van der Waals surface area contributed by atoms with Crippen LogP contribution in [0.1, 0.15) is 32.6 Å². The Morgan fingerprint density at radius 1 is 1.57 bits per heavy atom. The van der Waals surface area contributed by atoms with Crippen LogP contribution in [-0.2, 0) is 4.79 Å². The monoisotopic (exact) mass is 217 g/mol. The second-order valence-electron chi connectivity index (χ2n) is 4.39. The summed E-state index contributed by atoms with van der Waals surface area (Å²) >= 11 is 1.68. The van der Waals surface area contributed by atoms with Gasteiger partial charge in [0.1, 0.15) is 5.54 Å². The SMILES string of the molecule is CC(N)(CSCC1CCCC1)C(=O)O. The zero-order valence-corrected chi connectivity index (χ0v) is 9.48. The van der Waals surface area contributed by atoms with Crippen molar-refractivity contribution in [1.82, 2.24) is 0 Å². The Hall–Kier alpha value is -0.220. The molecule has 1 rings (SSSR count). The summed E-state index contributed by atoms with van der Waals surface area (Å²) in [5, 5.41) is 8.79. The average Bonchev–Trinajstić information content (AvgIpc) is 2.56. The molecule has 4 heteroatoms. The third-order valence-electron chi connectivity index (χ3n) is 2.72. The molecule has 0 radical (unpaired) electrons. The molecule has 1 saturated carbocycles. The van der Waals surface area contributed by atoms with Crippen LogP contribution >= 0.6 is 11.8 Å². The largest absolute Gasteiger partial charge is 0.480 e. The van der Waals surface area contributed by atoms with Crippen LogP contribution in [0.2, 0.25) is 0 Å². The van der Waals surface area contributed by atoms with Gasteiger partial charge in [0.2, 0.25) is 0 Å². The molecule has 0 amide bonds. The fraction of sp³-hybridized carbons (Fsp3) is 0.900. The maximum absolute atomic E-state index is 10.7. The molecule has 0 saturated heterocycles. The molecule has 14 heavy (non-hydrogen) atoms. The van der Waals surface area contributed by atoms with Gasteiger partial charge in [-0.25, -0.2) is 0 Å². The molecule has 0 spiro atoms. The quantitative estimate of drug-likeness (QED) is 0.736. The molecule has 1 atom stereocenters. The van der Waals surface area contributed by atoms with Gasteiger partial charge in [0, 0.05) is 5.75 Å². The Balaban J connectivity index is 2.16. The van der Waals surface area contributed by atoms with Crippen molar-refractivity contribution in [3.8, 4) is 0 Å². The Kier molecular flexibility index (Phi) is 4.26. The number of thioether (sulfide) groups is 1. The predicted octanol–water partition coefficient (Wildman–Crippen LogP) is 1.71. The molecule has 82 valence electrons. The molecule has 0 bridgehead atoms. The fourth-order valence-electron chi connectivity index (χ4n) is 1.68. The molecule has 0 aliphatic heterocycles. The number of aliphatic carboxylic acids is 1. The lowest BCUT2D eigenvalue weighted by molar-refractivity contribution is -0.141. The van der Waals surface area contributed by atoms with Crippen LogP contribution in [-0.4, -0.2) is 28.1 Å². The van der Waals surface area contributed by atoms with Gasteiger partial charge in [-0.2, -0.15) is 11.8 Å². The minimum atomic E-state index is -1.07. The standard InChI is InChI=1S/C10H19NO2S/c1-10(11,9(12)13)7-14-6-8-4-2-3-5-8/h8H,2-7,11H2,1H3,(H,12,13). The van der Waals surface area contributed by atoms with Gasteiger partial charge < -0.3 is 10.8 Å². The first kappa shape index (κ1) is 11.9. The summed E-state index contributed by atoms with van der Waals surface area (Å²) < 4.78 is 0. The van der Waals surface area contributed by atoms with Crippen LogP contribution in [0, 0.1) is 5.92 Å². The minimum Gasteiger partial charge on any atom is -0.480 e. The molecule has 1 fully saturated rings. The third-order valence-corrected chi connectivity index (χ3v) is 4.23. The first-order valence-corrected chi connectivity index (χ1v) is 6.28. The summed E-state index contributed by atoms with van der Waals surface area (Å²) in [5.41, 5.74) is 4.56. The van der Waals surface area contributed by atoms with Gasteiger partial charge in [-0.1, -0.05) is 12.8 Å². The predicted molar refractivity (Wildman–Crippen MR) is 59.5 cm³/mol. The first-order valence-electron chi connectivity index (χ1n) is 5.12. The van der Waals surface area contributed by atoms with Crippen molar-refractivity contribution in [2.45, 2.75) is 38.1 Å². The van der Waals surface area contributed by atoms with E-state index in [1.165, 1.54) is 25.7 Å². The van der Waals surface area contributed by atoms with Gasteiger partial charge >= 0.3 is 5.97 Å². The summed E-state index contributed by atoms with van der Waals surface area (Å²) in [5.74, 6) is 1.47. The summed E-state index contributed by atoms with van der Waals surface area (Å²) in [6.45, 7) is 1.58.